The number of aromatic nitrogens is 4. The average Bonchev–Trinajstić information content (AvgIpc) is 3.28. The third-order valence-corrected chi connectivity index (χ3v) is 6.46. The minimum absolute atomic E-state index is 0.107. The molecule has 3 aromatic rings. The van der Waals surface area contributed by atoms with Crippen LogP contribution in [0.1, 0.15) is 27.7 Å². The summed E-state index contributed by atoms with van der Waals surface area (Å²) in [6.45, 7) is 10.0. The number of hydrogen-bond donors (Lipinski definition) is 1. The number of anilines is 1. The lowest BCUT2D eigenvalue weighted by Gasteiger charge is -2.08. The number of thiophene rings is 1. The van der Waals surface area contributed by atoms with Crippen molar-refractivity contribution in [3.8, 4) is 11.5 Å². The van der Waals surface area contributed by atoms with Crippen molar-refractivity contribution in [3.05, 3.63) is 53.1 Å². The molecule has 1 amide bonds. The van der Waals surface area contributed by atoms with Gasteiger partial charge in [0.15, 0.2) is 11.0 Å². The molecule has 0 atom stereocenters. The number of ether oxygens (including phenoxy) is 1. The molecule has 0 fully saturated rings. The number of rotatable bonds is 9. The SMILES string of the molecule is C=CCn1c(SCC(=O)Nc2sc(C)c(C)c2C(=O)OCC)nnc1-c1ccccn1. The van der Waals surface area contributed by atoms with Gasteiger partial charge in [-0.15, -0.1) is 28.1 Å². The van der Waals surface area contributed by atoms with Crippen molar-refractivity contribution in [1.29, 1.82) is 0 Å². The van der Waals surface area contributed by atoms with Crippen molar-refractivity contribution >= 4 is 40.0 Å². The van der Waals surface area contributed by atoms with Crippen molar-refractivity contribution in [3.63, 3.8) is 0 Å². The first-order valence-corrected chi connectivity index (χ1v) is 11.4. The fraction of sp³-hybridized carbons (Fsp3) is 0.286. The number of thioether (sulfide) groups is 1. The van der Waals surface area contributed by atoms with Gasteiger partial charge >= 0.3 is 5.97 Å². The van der Waals surface area contributed by atoms with Crippen molar-refractivity contribution in [2.24, 2.45) is 0 Å². The number of nitrogens with zero attached hydrogens (tertiary/aromatic N) is 4. The maximum Gasteiger partial charge on any atom is 0.341 e. The van der Waals surface area contributed by atoms with Crippen LogP contribution in [0.2, 0.25) is 0 Å². The lowest BCUT2D eigenvalue weighted by atomic mass is 10.1. The van der Waals surface area contributed by atoms with Crippen molar-refractivity contribution in [1.82, 2.24) is 19.7 Å². The van der Waals surface area contributed by atoms with Crippen molar-refractivity contribution in [2.75, 3.05) is 17.7 Å². The molecule has 162 valence electrons. The van der Waals surface area contributed by atoms with Crippen LogP contribution in [-0.2, 0) is 16.1 Å². The molecule has 0 spiro atoms. The van der Waals surface area contributed by atoms with Crippen LogP contribution in [0.15, 0.2) is 42.2 Å². The van der Waals surface area contributed by atoms with Gasteiger partial charge < -0.3 is 10.1 Å². The minimum atomic E-state index is -0.432. The van der Waals surface area contributed by atoms with Gasteiger partial charge in [0.05, 0.1) is 17.9 Å². The molecule has 0 aliphatic rings. The molecule has 0 saturated carbocycles. The Hall–Kier alpha value is -2.98. The molecule has 3 heterocycles. The molecule has 0 aliphatic heterocycles. The second kappa shape index (κ2) is 10.4. The van der Waals surface area contributed by atoms with Crippen molar-refractivity contribution < 1.29 is 14.3 Å². The predicted octanol–water partition coefficient (Wildman–Crippen LogP) is 4.11. The molecule has 0 unspecified atom stereocenters. The molecule has 8 nitrogen and oxygen atoms in total. The van der Waals surface area contributed by atoms with E-state index in [1.54, 1.807) is 19.2 Å². The van der Waals surface area contributed by atoms with E-state index in [1.165, 1.54) is 23.1 Å². The van der Waals surface area contributed by atoms with Gasteiger partial charge in [0.2, 0.25) is 5.91 Å². The van der Waals surface area contributed by atoms with Gasteiger partial charge in [-0.1, -0.05) is 23.9 Å². The molecular weight excluding hydrogens is 434 g/mol. The molecule has 1 N–H and O–H groups in total. The van der Waals surface area contributed by atoms with Gasteiger partial charge in [-0.05, 0) is 38.5 Å². The Kier molecular flexibility index (Phi) is 7.59. The zero-order chi connectivity index (χ0) is 22.4. The van der Waals surface area contributed by atoms with E-state index in [9.17, 15) is 9.59 Å². The van der Waals surface area contributed by atoms with Gasteiger partial charge in [0, 0.05) is 17.6 Å². The standard InChI is InChI=1S/C21H23N5O3S2/c1-5-11-26-18(15-9-7-8-10-22-15)24-25-21(26)30-12-16(27)23-19-17(20(28)29-6-2)13(3)14(4)31-19/h5,7-10H,1,6,11-12H2,2-4H3,(H,23,27). The van der Waals surface area contributed by atoms with Crippen LogP contribution in [0.4, 0.5) is 5.00 Å². The van der Waals surface area contributed by atoms with E-state index in [0.717, 1.165) is 10.4 Å². The van der Waals surface area contributed by atoms with Crippen LogP contribution in [0.25, 0.3) is 11.5 Å². The van der Waals surface area contributed by atoms with E-state index in [0.29, 0.717) is 33.8 Å². The summed E-state index contributed by atoms with van der Waals surface area (Å²) >= 11 is 2.62. The fourth-order valence-electron chi connectivity index (χ4n) is 2.83. The summed E-state index contributed by atoms with van der Waals surface area (Å²) < 4.78 is 6.99. The second-order valence-electron chi connectivity index (χ2n) is 6.47. The van der Waals surface area contributed by atoms with Gasteiger partial charge in [-0.3, -0.25) is 14.3 Å². The number of carbonyl (C=O) groups is 2. The molecule has 31 heavy (non-hydrogen) atoms. The third-order valence-electron chi connectivity index (χ3n) is 4.37. The zero-order valence-electron chi connectivity index (χ0n) is 17.5. The van der Waals surface area contributed by atoms with Crippen LogP contribution in [0.3, 0.4) is 0 Å². The number of nitrogens with one attached hydrogen (secondary N) is 1. The van der Waals surface area contributed by atoms with Crippen LogP contribution in [0.5, 0.6) is 0 Å². The normalized spacial score (nSPS) is 10.7. The Morgan fingerprint density at radius 3 is 2.81 bits per heavy atom. The topological polar surface area (TPSA) is 99.0 Å². The molecule has 0 aromatic carbocycles. The second-order valence-corrected chi connectivity index (χ2v) is 8.63. The van der Waals surface area contributed by atoms with Crippen LogP contribution in [0, 0.1) is 13.8 Å². The van der Waals surface area contributed by atoms with E-state index in [1.807, 2.05) is 36.6 Å². The minimum Gasteiger partial charge on any atom is -0.462 e. The Bertz CT molecular complexity index is 1090. The molecule has 0 radical (unpaired) electrons. The molecular formula is C21H23N5O3S2. The summed E-state index contributed by atoms with van der Waals surface area (Å²) in [5.41, 5.74) is 1.92. The number of pyridine rings is 1. The number of allylic oxidation sites excluding steroid dienone is 1. The Morgan fingerprint density at radius 2 is 2.13 bits per heavy atom. The molecule has 3 rings (SSSR count). The summed E-state index contributed by atoms with van der Waals surface area (Å²) in [5, 5.41) is 12.4. The number of esters is 1. The van der Waals surface area contributed by atoms with Crippen LogP contribution in [-0.4, -0.2) is 44.0 Å². The third kappa shape index (κ3) is 5.20. The molecule has 0 aliphatic carbocycles. The lowest BCUT2D eigenvalue weighted by molar-refractivity contribution is -0.113. The predicted molar refractivity (Wildman–Crippen MR) is 123 cm³/mol. The Balaban J connectivity index is 1.74. The van der Waals surface area contributed by atoms with E-state index in [-0.39, 0.29) is 18.3 Å². The van der Waals surface area contributed by atoms with E-state index < -0.39 is 5.97 Å². The average molecular weight is 458 g/mol. The van der Waals surface area contributed by atoms with Gasteiger partial charge in [0.1, 0.15) is 10.7 Å². The largest absolute Gasteiger partial charge is 0.462 e. The maximum absolute atomic E-state index is 12.6. The van der Waals surface area contributed by atoms with Gasteiger partial charge in [-0.25, -0.2) is 4.79 Å². The summed E-state index contributed by atoms with van der Waals surface area (Å²) in [4.78, 5) is 30.2. The van der Waals surface area contributed by atoms with Crippen LogP contribution >= 0.6 is 23.1 Å². The monoisotopic (exact) mass is 457 g/mol. The number of hydrogen-bond acceptors (Lipinski definition) is 8. The molecule has 3 aromatic heterocycles. The highest BCUT2D eigenvalue weighted by molar-refractivity contribution is 7.99. The summed E-state index contributed by atoms with van der Waals surface area (Å²) in [6, 6.07) is 5.56. The number of aryl methyl sites for hydroxylation is 1. The number of carbonyl (C=O) groups excluding carboxylic acids is 2. The zero-order valence-corrected chi connectivity index (χ0v) is 19.2. The first-order chi connectivity index (χ1) is 15.0. The highest BCUT2D eigenvalue weighted by Gasteiger charge is 2.22. The first-order valence-electron chi connectivity index (χ1n) is 9.61. The van der Waals surface area contributed by atoms with Gasteiger partial charge in [0.25, 0.3) is 0 Å². The fourth-order valence-corrected chi connectivity index (χ4v) is 4.64. The first kappa shape index (κ1) is 22.7. The molecule has 0 saturated heterocycles. The Morgan fingerprint density at radius 1 is 1.32 bits per heavy atom. The summed E-state index contributed by atoms with van der Waals surface area (Å²) in [6.07, 6.45) is 3.43. The van der Waals surface area contributed by atoms with E-state index in [2.05, 4.69) is 27.1 Å². The summed E-state index contributed by atoms with van der Waals surface area (Å²) in [7, 11) is 0. The number of amides is 1. The van der Waals surface area contributed by atoms with E-state index >= 15 is 0 Å². The van der Waals surface area contributed by atoms with Gasteiger partial charge in [-0.2, -0.15) is 0 Å². The molecule has 0 bridgehead atoms. The molecule has 10 heteroatoms. The van der Waals surface area contributed by atoms with Crippen molar-refractivity contribution in [2.45, 2.75) is 32.5 Å². The highest BCUT2D eigenvalue weighted by atomic mass is 32.2. The van der Waals surface area contributed by atoms with E-state index in [4.69, 9.17) is 4.74 Å². The highest BCUT2D eigenvalue weighted by Crippen LogP contribution is 2.33. The quantitative estimate of drug-likeness (QED) is 0.293. The Labute approximate surface area is 188 Å². The van der Waals surface area contributed by atoms with Crippen LogP contribution < -0.4 is 5.32 Å². The summed E-state index contributed by atoms with van der Waals surface area (Å²) in [5.74, 6) is 0.0373. The maximum atomic E-state index is 12.6. The lowest BCUT2D eigenvalue weighted by Crippen LogP contribution is -2.17. The smallest absolute Gasteiger partial charge is 0.341 e.